The highest BCUT2D eigenvalue weighted by Crippen LogP contribution is 2.25. The summed E-state index contributed by atoms with van der Waals surface area (Å²) in [7, 11) is 0. The predicted molar refractivity (Wildman–Crippen MR) is 46.9 cm³/mol. The molecule has 4 heteroatoms. The molecule has 2 amide bonds. The topological polar surface area (TPSA) is 46.2 Å². The van der Waals surface area contributed by atoms with Crippen LogP contribution < -0.4 is 5.32 Å². The lowest BCUT2D eigenvalue weighted by molar-refractivity contribution is -0.125. The van der Waals surface area contributed by atoms with Crippen LogP contribution in [0.15, 0.2) is 24.3 Å². The number of hydrogen-bond acceptors (Lipinski definition) is 2. The standard InChI is InChI=1S/C10H8FNO2/c11-8-4-2-1-3-6(8)7-5-9(13)12-10(7)14/h1-4,7H,5H2,(H,12,13,14)/t7-/m1/s1. The number of hydrogen-bond donors (Lipinski definition) is 1. The summed E-state index contributed by atoms with van der Waals surface area (Å²) in [5.41, 5.74) is 0.288. The van der Waals surface area contributed by atoms with Crippen LogP contribution in [0.25, 0.3) is 0 Å². The molecule has 1 aliphatic rings. The summed E-state index contributed by atoms with van der Waals surface area (Å²) in [4.78, 5) is 22.1. The predicted octanol–water partition coefficient (Wildman–Crippen LogP) is 0.956. The van der Waals surface area contributed by atoms with Gasteiger partial charge in [0.2, 0.25) is 11.8 Å². The molecular formula is C10H8FNO2. The van der Waals surface area contributed by atoms with E-state index in [1.54, 1.807) is 12.1 Å². The van der Waals surface area contributed by atoms with Gasteiger partial charge in [-0.15, -0.1) is 0 Å². The van der Waals surface area contributed by atoms with Crippen LogP contribution in [0.5, 0.6) is 0 Å². The van der Waals surface area contributed by atoms with Crippen molar-refractivity contribution in [1.82, 2.24) is 5.32 Å². The molecule has 2 rings (SSSR count). The Hall–Kier alpha value is -1.71. The van der Waals surface area contributed by atoms with Crippen molar-refractivity contribution >= 4 is 11.8 Å². The van der Waals surface area contributed by atoms with Crippen LogP contribution in [0.3, 0.4) is 0 Å². The number of carbonyl (C=O) groups excluding carboxylic acids is 2. The maximum Gasteiger partial charge on any atom is 0.234 e. The Morgan fingerprint density at radius 1 is 1.29 bits per heavy atom. The molecule has 1 N–H and O–H groups in total. The summed E-state index contributed by atoms with van der Waals surface area (Å²) in [6.07, 6.45) is 0.0414. The van der Waals surface area contributed by atoms with E-state index in [0.29, 0.717) is 0 Å². The summed E-state index contributed by atoms with van der Waals surface area (Å²) < 4.78 is 13.3. The minimum atomic E-state index is -0.663. The quantitative estimate of drug-likeness (QED) is 0.675. The van der Waals surface area contributed by atoms with Gasteiger partial charge in [-0.3, -0.25) is 14.9 Å². The zero-order chi connectivity index (χ0) is 10.1. The second kappa shape index (κ2) is 3.21. The van der Waals surface area contributed by atoms with Gasteiger partial charge in [0.1, 0.15) is 5.82 Å². The van der Waals surface area contributed by atoms with Gasteiger partial charge in [0.25, 0.3) is 0 Å². The SMILES string of the molecule is O=C1C[C@H](c2ccccc2F)C(=O)N1. The smallest absolute Gasteiger partial charge is 0.234 e. The average molecular weight is 193 g/mol. The Morgan fingerprint density at radius 2 is 2.00 bits per heavy atom. The van der Waals surface area contributed by atoms with Crippen LogP contribution >= 0.6 is 0 Å². The highest BCUT2D eigenvalue weighted by Gasteiger charge is 2.33. The number of rotatable bonds is 1. The summed E-state index contributed by atoms with van der Waals surface area (Å²) in [5, 5.41) is 2.15. The average Bonchev–Trinajstić information content (AvgIpc) is 2.46. The Labute approximate surface area is 79.9 Å². The van der Waals surface area contributed by atoms with Gasteiger partial charge in [-0.05, 0) is 6.07 Å². The first-order chi connectivity index (χ1) is 6.68. The third-order valence-corrected chi connectivity index (χ3v) is 2.25. The molecule has 0 aromatic heterocycles. The van der Waals surface area contributed by atoms with Gasteiger partial charge in [-0.25, -0.2) is 4.39 Å². The fourth-order valence-corrected chi connectivity index (χ4v) is 1.56. The van der Waals surface area contributed by atoms with Crippen LogP contribution in [0, 0.1) is 5.82 Å². The van der Waals surface area contributed by atoms with Gasteiger partial charge in [0.05, 0.1) is 5.92 Å². The van der Waals surface area contributed by atoms with E-state index in [1.807, 2.05) is 0 Å². The molecule has 1 fully saturated rings. The molecule has 1 heterocycles. The summed E-state index contributed by atoms with van der Waals surface area (Å²) >= 11 is 0. The Bertz CT molecular complexity index is 403. The van der Waals surface area contributed by atoms with E-state index in [-0.39, 0.29) is 17.9 Å². The fraction of sp³-hybridized carbons (Fsp3) is 0.200. The van der Waals surface area contributed by atoms with E-state index >= 15 is 0 Å². The maximum atomic E-state index is 13.3. The van der Waals surface area contributed by atoms with E-state index < -0.39 is 17.6 Å². The molecule has 0 aliphatic carbocycles. The Morgan fingerprint density at radius 3 is 2.57 bits per heavy atom. The van der Waals surface area contributed by atoms with Crippen molar-refractivity contribution in [3.05, 3.63) is 35.6 Å². The van der Waals surface area contributed by atoms with Crippen LogP contribution in [0.4, 0.5) is 4.39 Å². The second-order valence-corrected chi connectivity index (χ2v) is 3.19. The summed E-state index contributed by atoms with van der Waals surface area (Å²) in [6, 6.07) is 6.01. The molecule has 0 spiro atoms. The van der Waals surface area contributed by atoms with Gasteiger partial charge in [0.15, 0.2) is 0 Å². The molecule has 0 radical (unpaired) electrons. The van der Waals surface area contributed by atoms with Crippen molar-refractivity contribution in [3.8, 4) is 0 Å². The molecule has 14 heavy (non-hydrogen) atoms. The number of halogens is 1. The molecule has 0 saturated carbocycles. The highest BCUT2D eigenvalue weighted by atomic mass is 19.1. The lowest BCUT2D eigenvalue weighted by atomic mass is 9.97. The fourth-order valence-electron chi connectivity index (χ4n) is 1.56. The summed E-state index contributed by atoms with van der Waals surface area (Å²) in [6.45, 7) is 0. The normalized spacial score (nSPS) is 21.1. The van der Waals surface area contributed by atoms with E-state index in [4.69, 9.17) is 0 Å². The van der Waals surface area contributed by atoms with Crippen molar-refractivity contribution in [2.24, 2.45) is 0 Å². The van der Waals surface area contributed by atoms with Crippen LogP contribution in [-0.2, 0) is 9.59 Å². The first-order valence-corrected chi connectivity index (χ1v) is 4.26. The third kappa shape index (κ3) is 1.39. The van der Waals surface area contributed by atoms with Crippen molar-refractivity contribution in [2.75, 3.05) is 0 Å². The zero-order valence-electron chi connectivity index (χ0n) is 7.29. The lowest BCUT2D eigenvalue weighted by Crippen LogP contribution is -2.21. The van der Waals surface area contributed by atoms with E-state index in [0.717, 1.165) is 0 Å². The molecule has 1 saturated heterocycles. The van der Waals surface area contributed by atoms with Gasteiger partial charge in [-0.1, -0.05) is 18.2 Å². The Balaban J connectivity index is 2.36. The first kappa shape index (κ1) is 8.87. The molecule has 1 atom stereocenters. The van der Waals surface area contributed by atoms with Crippen molar-refractivity contribution in [1.29, 1.82) is 0 Å². The van der Waals surface area contributed by atoms with E-state index in [1.165, 1.54) is 12.1 Å². The molecule has 72 valence electrons. The van der Waals surface area contributed by atoms with E-state index in [2.05, 4.69) is 5.32 Å². The number of carbonyl (C=O) groups is 2. The number of benzene rings is 1. The van der Waals surface area contributed by atoms with Crippen molar-refractivity contribution in [2.45, 2.75) is 12.3 Å². The van der Waals surface area contributed by atoms with Gasteiger partial charge in [-0.2, -0.15) is 0 Å². The van der Waals surface area contributed by atoms with Crippen LogP contribution in [-0.4, -0.2) is 11.8 Å². The molecular weight excluding hydrogens is 185 g/mol. The Kier molecular flexibility index (Phi) is 2.04. The van der Waals surface area contributed by atoms with Gasteiger partial charge in [0, 0.05) is 12.0 Å². The molecule has 0 bridgehead atoms. The molecule has 0 unspecified atom stereocenters. The van der Waals surface area contributed by atoms with E-state index in [9.17, 15) is 14.0 Å². The first-order valence-electron chi connectivity index (χ1n) is 4.26. The van der Waals surface area contributed by atoms with Crippen molar-refractivity contribution < 1.29 is 14.0 Å². The monoisotopic (exact) mass is 193 g/mol. The van der Waals surface area contributed by atoms with Gasteiger partial charge >= 0.3 is 0 Å². The molecule has 3 nitrogen and oxygen atoms in total. The van der Waals surface area contributed by atoms with Crippen LogP contribution in [0.1, 0.15) is 17.9 Å². The minimum Gasteiger partial charge on any atom is -0.296 e. The molecule has 1 aromatic rings. The number of nitrogens with one attached hydrogen (secondary N) is 1. The van der Waals surface area contributed by atoms with Crippen LogP contribution in [0.2, 0.25) is 0 Å². The third-order valence-electron chi connectivity index (χ3n) is 2.25. The number of imide groups is 1. The molecule has 1 aliphatic heterocycles. The zero-order valence-corrected chi connectivity index (χ0v) is 7.29. The maximum absolute atomic E-state index is 13.3. The lowest BCUT2D eigenvalue weighted by Gasteiger charge is -2.06. The summed E-state index contributed by atoms with van der Waals surface area (Å²) in [5.74, 6) is -1.87. The van der Waals surface area contributed by atoms with Crippen molar-refractivity contribution in [3.63, 3.8) is 0 Å². The van der Waals surface area contributed by atoms with Gasteiger partial charge < -0.3 is 0 Å². The molecule has 1 aromatic carbocycles. The largest absolute Gasteiger partial charge is 0.296 e. The highest BCUT2D eigenvalue weighted by molar-refractivity contribution is 6.06. The number of amides is 2. The second-order valence-electron chi connectivity index (χ2n) is 3.19. The minimum absolute atomic E-state index is 0.0414.